The van der Waals surface area contributed by atoms with Crippen LogP contribution in [0.2, 0.25) is 0 Å². The Morgan fingerprint density at radius 1 is 1.21 bits per heavy atom. The average molecular weight is 326 g/mol. The van der Waals surface area contributed by atoms with Gasteiger partial charge in [0.1, 0.15) is 0 Å². The van der Waals surface area contributed by atoms with Crippen molar-refractivity contribution in [2.45, 2.75) is 51.0 Å². The van der Waals surface area contributed by atoms with Crippen molar-refractivity contribution in [2.75, 3.05) is 26.2 Å². The van der Waals surface area contributed by atoms with Crippen molar-refractivity contribution in [2.24, 2.45) is 0 Å². The standard InChI is InChI=1S/C21H30N2O/c1-3-7-18-8-10-19(11-9-18)20(24)22-15-5-12-21(17-22)13-6-16-23(21)14-4-2/h4,8-11H,2-3,5-7,12-17H2,1H3/t21-/m0/s1. The molecule has 24 heavy (non-hydrogen) atoms. The highest BCUT2D eigenvalue weighted by molar-refractivity contribution is 5.94. The van der Waals surface area contributed by atoms with Gasteiger partial charge in [-0.05, 0) is 56.3 Å². The van der Waals surface area contributed by atoms with E-state index in [-0.39, 0.29) is 11.4 Å². The second-order valence-electron chi connectivity index (χ2n) is 7.34. The zero-order valence-corrected chi connectivity index (χ0v) is 15.0. The molecule has 0 aliphatic carbocycles. The maximum absolute atomic E-state index is 13.0. The fourth-order valence-corrected chi connectivity index (χ4v) is 4.47. The Hall–Kier alpha value is -1.61. The second-order valence-corrected chi connectivity index (χ2v) is 7.34. The Kier molecular flexibility index (Phi) is 5.40. The highest BCUT2D eigenvalue weighted by Crippen LogP contribution is 2.37. The fraction of sp³-hybridized carbons (Fsp3) is 0.571. The van der Waals surface area contributed by atoms with Gasteiger partial charge in [-0.2, -0.15) is 0 Å². The molecule has 1 spiro atoms. The summed E-state index contributed by atoms with van der Waals surface area (Å²) in [6.07, 6.45) is 8.98. The number of likely N-dealkylation sites (tertiary alicyclic amines) is 2. The first-order chi connectivity index (χ1) is 11.7. The molecule has 2 aliphatic heterocycles. The van der Waals surface area contributed by atoms with Gasteiger partial charge >= 0.3 is 0 Å². The third-order valence-corrected chi connectivity index (χ3v) is 5.67. The van der Waals surface area contributed by atoms with E-state index in [0.29, 0.717) is 0 Å². The summed E-state index contributed by atoms with van der Waals surface area (Å²) in [6, 6.07) is 8.22. The third-order valence-electron chi connectivity index (χ3n) is 5.67. The number of nitrogens with zero attached hydrogens (tertiary/aromatic N) is 2. The Morgan fingerprint density at radius 3 is 2.58 bits per heavy atom. The summed E-state index contributed by atoms with van der Waals surface area (Å²) >= 11 is 0. The van der Waals surface area contributed by atoms with E-state index in [4.69, 9.17) is 0 Å². The van der Waals surface area contributed by atoms with E-state index in [1.54, 1.807) is 0 Å². The highest BCUT2D eigenvalue weighted by Gasteiger charge is 2.44. The number of hydrogen-bond acceptors (Lipinski definition) is 2. The lowest BCUT2D eigenvalue weighted by molar-refractivity contribution is 0.0367. The van der Waals surface area contributed by atoms with Crippen LogP contribution in [0.1, 0.15) is 54.9 Å². The molecule has 1 aromatic carbocycles. The van der Waals surface area contributed by atoms with Crippen molar-refractivity contribution in [1.82, 2.24) is 9.80 Å². The number of carbonyl (C=O) groups excluding carboxylic acids is 1. The number of amides is 1. The normalized spacial score (nSPS) is 24.5. The highest BCUT2D eigenvalue weighted by atomic mass is 16.2. The van der Waals surface area contributed by atoms with Gasteiger partial charge in [0.25, 0.3) is 5.91 Å². The molecule has 0 N–H and O–H groups in total. The van der Waals surface area contributed by atoms with E-state index in [1.807, 2.05) is 18.2 Å². The molecule has 0 saturated carbocycles. The SMILES string of the molecule is C=CCN1CCC[C@]12CCCN(C(=O)c1ccc(CCC)cc1)C2. The first-order valence-corrected chi connectivity index (χ1v) is 9.43. The van der Waals surface area contributed by atoms with Crippen molar-refractivity contribution in [1.29, 1.82) is 0 Å². The first-order valence-electron chi connectivity index (χ1n) is 9.43. The van der Waals surface area contributed by atoms with Crippen LogP contribution in [-0.4, -0.2) is 47.4 Å². The molecule has 1 amide bonds. The molecule has 1 aromatic rings. The first kappa shape index (κ1) is 17.2. The van der Waals surface area contributed by atoms with Gasteiger partial charge in [-0.25, -0.2) is 0 Å². The molecule has 0 unspecified atom stereocenters. The van der Waals surface area contributed by atoms with Crippen LogP contribution < -0.4 is 0 Å². The van der Waals surface area contributed by atoms with Crippen molar-refractivity contribution >= 4 is 5.91 Å². The van der Waals surface area contributed by atoms with Crippen molar-refractivity contribution in [3.8, 4) is 0 Å². The second kappa shape index (κ2) is 7.52. The molecule has 2 aliphatic rings. The largest absolute Gasteiger partial charge is 0.337 e. The van der Waals surface area contributed by atoms with Crippen LogP contribution in [-0.2, 0) is 6.42 Å². The van der Waals surface area contributed by atoms with E-state index < -0.39 is 0 Å². The molecular weight excluding hydrogens is 296 g/mol. The molecule has 0 bridgehead atoms. The molecule has 3 heteroatoms. The van der Waals surface area contributed by atoms with Gasteiger partial charge in [-0.1, -0.05) is 31.6 Å². The fourth-order valence-electron chi connectivity index (χ4n) is 4.47. The minimum Gasteiger partial charge on any atom is -0.337 e. The lowest BCUT2D eigenvalue weighted by atomic mass is 9.86. The molecule has 3 nitrogen and oxygen atoms in total. The quantitative estimate of drug-likeness (QED) is 0.766. The van der Waals surface area contributed by atoms with Crippen LogP contribution >= 0.6 is 0 Å². The molecule has 0 radical (unpaired) electrons. The zero-order chi connectivity index (χ0) is 17.0. The van der Waals surface area contributed by atoms with Crippen LogP contribution in [0.5, 0.6) is 0 Å². The number of carbonyl (C=O) groups is 1. The van der Waals surface area contributed by atoms with E-state index >= 15 is 0 Å². The molecule has 1 atom stereocenters. The van der Waals surface area contributed by atoms with Gasteiger partial charge in [-0.3, -0.25) is 9.69 Å². The van der Waals surface area contributed by atoms with Gasteiger partial charge in [-0.15, -0.1) is 6.58 Å². The summed E-state index contributed by atoms with van der Waals surface area (Å²) in [6.45, 7) is 9.92. The Balaban J connectivity index is 1.72. The van der Waals surface area contributed by atoms with Crippen molar-refractivity contribution in [3.05, 3.63) is 48.0 Å². The Bertz CT molecular complexity index is 580. The average Bonchev–Trinajstić information content (AvgIpc) is 2.97. The number of hydrogen-bond donors (Lipinski definition) is 0. The van der Waals surface area contributed by atoms with Crippen molar-refractivity contribution in [3.63, 3.8) is 0 Å². The molecule has 2 fully saturated rings. The summed E-state index contributed by atoms with van der Waals surface area (Å²) in [5, 5.41) is 0. The van der Waals surface area contributed by atoms with Gasteiger partial charge in [0.15, 0.2) is 0 Å². The Morgan fingerprint density at radius 2 is 1.92 bits per heavy atom. The molecule has 2 saturated heterocycles. The predicted molar refractivity (Wildman–Crippen MR) is 99.3 cm³/mol. The van der Waals surface area contributed by atoms with Crippen molar-refractivity contribution < 1.29 is 4.79 Å². The third kappa shape index (κ3) is 3.41. The maximum atomic E-state index is 13.0. The maximum Gasteiger partial charge on any atom is 0.253 e. The molecule has 0 aromatic heterocycles. The minimum atomic E-state index is 0.185. The molecule has 2 heterocycles. The van der Waals surface area contributed by atoms with Crippen LogP contribution in [0, 0.1) is 0 Å². The minimum absolute atomic E-state index is 0.185. The predicted octanol–water partition coefficient (Wildman–Crippen LogP) is 3.90. The zero-order valence-electron chi connectivity index (χ0n) is 15.0. The van der Waals surface area contributed by atoms with E-state index in [9.17, 15) is 4.79 Å². The van der Waals surface area contributed by atoms with E-state index in [0.717, 1.165) is 51.0 Å². The number of benzene rings is 1. The monoisotopic (exact) mass is 326 g/mol. The van der Waals surface area contributed by atoms with E-state index in [2.05, 4.69) is 35.4 Å². The lowest BCUT2D eigenvalue weighted by Crippen LogP contribution is -2.56. The summed E-state index contributed by atoms with van der Waals surface area (Å²) < 4.78 is 0. The van der Waals surface area contributed by atoms with Crippen LogP contribution in [0.4, 0.5) is 0 Å². The number of rotatable bonds is 5. The van der Waals surface area contributed by atoms with Crippen LogP contribution in [0.3, 0.4) is 0 Å². The van der Waals surface area contributed by atoms with E-state index in [1.165, 1.54) is 24.8 Å². The summed E-state index contributed by atoms with van der Waals surface area (Å²) in [7, 11) is 0. The summed E-state index contributed by atoms with van der Waals surface area (Å²) in [4.78, 5) is 17.6. The molecule has 130 valence electrons. The van der Waals surface area contributed by atoms with Crippen LogP contribution in [0.25, 0.3) is 0 Å². The number of aryl methyl sites for hydroxylation is 1. The summed E-state index contributed by atoms with van der Waals surface area (Å²) in [5.74, 6) is 0.197. The smallest absolute Gasteiger partial charge is 0.253 e. The Labute approximate surface area is 146 Å². The van der Waals surface area contributed by atoms with Gasteiger partial charge < -0.3 is 4.90 Å². The summed E-state index contributed by atoms with van der Waals surface area (Å²) in [5.41, 5.74) is 2.34. The van der Waals surface area contributed by atoms with Gasteiger partial charge in [0.05, 0.1) is 0 Å². The topological polar surface area (TPSA) is 23.6 Å². The van der Waals surface area contributed by atoms with Gasteiger partial charge in [0.2, 0.25) is 0 Å². The lowest BCUT2D eigenvalue weighted by Gasteiger charge is -2.45. The van der Waals surface area contributed by atoms with Crippen LogP contribution in [0.15, 0.2) is 36.9 Å². The van der Waals surface area contributed by atoms with Gasteiger partial charge in [0, 0.05) is 30.7 Å². The number of piperidine rings is 1. The molecular formula is C21H30N2O. The molecule has 3 rings (SSSR count).